The van der Waals surface area contributed by atoms with Crippen LogP contribution in [0, 0.1) is 11.8 Å². The number of carbonyl (C=O) groups is 1. The van der Waals surface area contributed by atoms with Crippen molar-refractivity contribution in [2.45, 2.75) is 13.0 Å². The van der Waals surface area contributed by atoms with Crippen LogP contribution in [0.5, 0.6) is 0 Å². The van der Waals surface area contributed by atoms with Gasteiger partial charge in [-0.05, 0) is 24.3 Å². The molecule has 3 N–H and O–H groups in total. The molecule has 102 valence electrons. The number of hydrogen-bond acceptors (Lipinski definition) is 4. The first-order chi connectivity index (χ1) is 9.79. The van der Waals surface area contributed by atoms with Gasteiger partial charge in [0.1, 0.15) is 12.2 Å². The Kier molecular flexibility index (Phi) is 4.87. The number of aromatic nitrogens is 3. The summed E-state index contributed by atoms with van der Waals surface area (Å²) in [6, 6.07) is 6.96. The van der Waals surface area contributed by atoms with E-state index in [2.05, 4.69) is 32.3 Å². The maximum Gasteiger partial charge on any atom is 0.251 e. The van der Waals surface area contributed by atoms with E-state index in [0.29, 0.717) is 24.4 Å². The highest BCUT2D eigenvalue weighted by molar-refractivity contribution is 5.94. The third-order valence-corrected chi connectivity index (χ3v) is 2.50. The first kappa shape index (κ1) is 13.8. The summed E-state index contributed by atoms with van der Waals surface area (Å²) in [4.78, 5) is 15.8. The van der Waals surface area contributed by atoms with Crippen molar-refractivity contribution in [3.63, 3.8) is 0 Å². The maximum absolute atomic E-state index is 11.9. The number of carbonyl (C=O) groups excluding carboxylic acids is 1. The van der Waals surface area contributed by atoms with Gasteiger partial charge in [-0.15, -0.1) is 0 Å². The zero-order chi connectivity index (χ0) is 14.2. The Morgan fingerprint density at radius 1 is 1.35 bits per heavy atom. The molecule has 0 saturated carbocycles. The lowest BCUT2D eigenvalue weighted by Crippen LogP contribution is -2.23. The van der Waals surface area contributed by atoms with Gasteiger partial charge >= 0.3 is 0 Å². The van der Waals surface area contributed by atoms with Crippen molar-refractivity contribution in [3.05, 3.63) is 47.5 Å². The van der Waals surface area contributed by atoms with Gasteiger partial charge in [-0.25, -0.2) is 4.98 Å². The Morgan fingerprint density at radius 3 is 2.80 bits per heavy atom. The summed E-state index contributed by atoms with van der Waals surface area (Å²) in [5.74, 6) is 6.14. The van der Waals surface area contributed by atoms with Gasteiger partial charge < -0.3 is 10.4 Å². The summed E-state index contributed by atoms with van der Waals surface area (Å²) in [6.07, 6.45) is 1.83. The van der Waals surface area contributed by atoms with E-state index >= 15 is 0 Å². The zero-order valence-corrected chi connectivity index (χ0v) is 10.8. The largest absolute Gasteiger partial charge is 0.395 e. The molecule has 0 unspecified atom stereocenters. The summed E-state index contributed by atoms with van der Waals surface area (Å²) in [6.45, 7) is 0.353. The van der Waals surface area contributed by atoms with E-state index in [1.165, 1.54) is 6.33 Å². The Morgan fingerprint density at radius 2 is 2.15 bits per heavy atom. The third kappa shape index (κ3) is 3.93. The lowest BCUT2D eigenvalue weighted by molar-refractivity contribution is 0.0950. The molecule has 0 aliphatic rings. The highest BCUT2D eigenvalue weighted by atomic mass is 16.2. The van der Waals surface area contributed by atoms with Gasteiger partial charge in [0.15, 0.2) is 0 Å². The highest BCUT2D eigenvalue weighted by Gasteiger charge is 2.05. The summed E-state index contributed by atoms with van der Waals surface area (Å²) in [7, 11) is 0. The van der Waals surface area contributed by atoms with E-state index in [1.807, 2.05) is 0 Å². The van der Waals surface area contributed by atoms with Crippen LogP contribution in [0.15, 0.2) is 30.6 Å². The molecule has 0 atom stereocenters. The predicted octanol–water partition coefficient (Wildman–Crippen LogP) is 0.469. The number of rotatable bonds is 4. The third-order valence-electron chi connectivity index (χ3n) is 2.50. The second-order valence-electron chi connectivity index (χ2n) is 3.97. The summed E-state index contributed by atoms with van der Waals surface area (Å²) >= 11 is 0. The minimum Gasteiger partial charge on any atom is -0.395 e. The first-order valence-corrected chi connectivity index (χ1v) is 6.12. The zero-order valence-electron chi connectivity index (χ0n) is 10.8. The van der Waals surface area contributed by atoms with Crippen LogP contribution in [0.1, 0.15) is 28.2 Å². The van der Waals surface area contributed by atoms with Crippen molar-refractivity contribution in [3.8, 4) is 11.8 Å². The molecule has 6 heteroatoms. The standard InChI is InChI=1S/C14H14N4O2/c19-8-2-1-3-11-4-6-12(7-5-11)14(20)15-9-13-16-10-17-18-13/h4-7,10,19H,2,8-9H2,(H,15,20)(H,16,17,18). The van der Waals surface area contributed by atoms with E-state index in [4.69, 9.17) is 5.11 Å². The van der Waals surface area contributed by atoms with Crippen molar-refractivity contribution in [2.24, 2.45) is 0 Å². The van der Waals surface area contributed by atoms with Crippen LogP contribution in [0.4, 0.5) is 0 Å². The van der Waals surface area contributed by atoms with Crippen LogP contribution in [0.25, 0.3) is 0 Å². The van der Waals surface area contributed by atoms with Crippen LogP contribution >= 0.6 is 0 Å². The molecule has 0 saturated heterocycles. The van der Waals surface area contributed by atoms with Gasteiger partial charge in [-0.2, -0.15) is 5.10 Å². The van der Waals surface area contributed by atoms with Gasteiger partial charge in [0, 0.05) is 17.5 Å². The highest BCUT2D eigenvalue weighted by Crippen LogP contribution is 2.03. The Labute approximate surface area is 116 Å². The average Bonchev–Trinajstić information content (AvgIpc) is 2.99. The van der Waals surface area contributed by atoms with E-state index in [0.717, 1.165) is 5.56 Å². The van der Waals surface area contributed by atoms with E-state index in [1.54, 1.807) is 24.3 Å². The lowest BCUT2D eigenvalue weighted by atomic mass is 10.1. The Balaban J connectivity index is 1.92. The van der Waals surface area contributed by atoms with Gasteiger partial charge in [-0.1, -0.05) is 11.8 Å². The molecule has 20 heavy (non-hydrogen) atoms. The van der Waals surface area contributed by atoms with Crippen molar-refractivity contribution < 1.29 is 9.90 Å². The molecule has 0 aliphatic heterocycles. The summed E-state index contributed by atoms with van der Waals surface area (Å²) in [5.41, 5.74) is 1.36. The van der Waals surface area contributed by atoms with Crippen LogP contribution < -0.4 is 5.32 Å². The van der Waals surface area contributed by atoms with E-state index in [9.17, 15) is 4.79 Å². The van der Waals surface area contributed by atoms with Gasteiger partial charge in [-0.3, -0.25) is 9.89 Å². The van der Waals surface area contributed by atoms with Crippen molar-refractivity contribution in [2.75, 3.05) is 6.61 Å². The molecule has 0 radical (unpaired) electrons. The van der Waals surface area contributed by atoms with Gasteiger partial charge in [0.25, 0.3) is 5.91 Å². The monoisotopic (exact) mass is 270 g/mol. The normalized spacial score (nSPS) is 9.65. The molecule has 1 aromatic heterocycles. The summed E-state index contributed by atoms with van der Waals surface area (Å²) in [5, 5.41) is 17.7. The molecular weight excluding hydrogens is 256 g/mol. The number of aliphatic hydroxyl groups is 1. The smallest absolute Gasteiger partial charge is 0.251 e. The van der Waals surface area contributed by atoms with Gasteiger partial charge in [0.05, 0.1) is 13.2 Å². The number of benzene rings is 1. The molecular formula is C14H14N4O2. The fourth-order valence-electron chi connectivity index (χ4n) is 1.51. The number of amides is 1. The van der Waals surface area contributed by atoms with Crippen LogP contribution in [-0.4, -0.2) is 32.8 Å². The minimum atomic E-state index is -0.184. The molecule has 2 rings (SSSR count). The van der Waals surface area contributed by atoms with Crippen molar-refractivity contribution >= 4 is 5.91 Å². The molecule has 0 aliphatic carbocycles. The molecule has 1 amide bonds. The van der Waals surface area contributed by atoms with Crippen LogP contribution in [0.3, 0.4) is 0 Å². The van der Waals surface area contributed by atoms with Gasteiger partial charge in [0.2, 0.25) is 0 Å². The number of H-pyrrole nitrogens is 1. The molecule has 0 bridgehead atoms. The fourth-order valence-corrected chi connectivity index (χ4v) is 1.51. The number of hydrogen-bond donors (Lipinski definition) is 3. The molecule has 6 nitrogen and oxygen atoms in total. The fraction of sp³-hybridized carbons (Fsp3) is 0.214. The van der Waals surface area contributed by atoms with Crippen molar-refractivity contribution in [1.29, 1.82) is 0 Å². The molecule has 1 heterocycles. The first-order valence-electron chi connectivity index (χ1n) is 6.12. The van der Waals surface area contributed by atoms with Crippen LogP contribution in [-0.2, 0) is 6.54 Å². The quantitative estimate of drug-likeness (QED) is 0.704. The predicted molar refractivity (Wildman–Crippen MR) is 72.6 cm³/mol. The lowest BCUT2D eigenvalue weighted by Gasteiger charge is -2.03. The van der Waals surface area contributed by atoms with E-state index < -0.39 is 0 Å². The average molecular weight is 270 g/mol. The number of aromatic amines is 1. The Hall–Kier alpha value is -2.65. The van der Waals surface area contributed by atoms with E-state index in [-0.39, 0.29) is 12.5 Å². The Bertz CT molecular complexity index is 609. The second-order valence-corrected chi connectivity index (χ2v) is 3.97. The van der Waals surface area contributed by atoms with Crippen molar-refractivity contribution in [1.82, 2.24) is 20.5 Å². The molecule has 1 aromatic carbocycles. The molecule has 2 aromatic rings. The topological polar surface area (TPSA) is 90.9 Å². The number of nitrogens with one attached hydrogen (secondary N) is 2. The van der Waals surface area contributed by atoms with Crippen LogP contribution in [0.2, 0.25) is 0 Å². The minimum absolute atomic E-state index is 0.0507. The molecule has 0 spiro atoms. The summed E-state index contributed by atoms with van der Waals surface area (Å²) < 4.78 is 0. The maximum atomic E-state index is 11.9. The SMILES string of the molecule is O=C(NCc1ncn[nH]1)c1ccc(C#CCCO)cc1. The second kappa shape index (κ2) is 7.07. The number of aliphatic hydroxyl groups excluding tert-OH is 1. The molecule has 0 fully saturated rings. The number of nitrogens with zero attached hydrogens (tertiary/aromatic N) is 2.